The van der Waals surface area contributed by atoms with Crippen molar-refractivity contribution in [3.8, 4) is 11.5 Å². The third-order valence-corrected chi connectivity index (χ3v) is 3.60. The fraction of sp³-hybridized carbons (Fsp3) is 0.167. The van der Waals surface area contributed by atoms with E-state index in [2.05, 4.69) is 0 Å². The minimum Gasteiger partial charge on any atom is -0.497 e. The molecular formula is C18H17ClO3. The average Bonchev–Trinajstić information content (AvgIpc) is 2.57. The largest absolute Gasteiger partial charge is 0.497 e. The van der Waals surface area contributed by atoms with E-state index in [-0.39, 0.29) is 0 Å². The van der Waals surface area contributed by atoms with Crippen LogP contribution >= 0.6 is 11.6 Å². The second-order valence-corrected chi connectivity index (χ2v) is 4.91. The summed E-state index contributed by atoms with van der Waals surface area (Å²) in [6.07, 6.45) is 0.766. The van der Waals surface area contributed by atoms with E-state index in [0.717, 1.165) is 28.9 Å². The van der Waals surface area contributed by atoms with Gasteiger partial charge in [-0.3, -0.25) is 4.79 Å². The number of rotatable bonds is 6. The molecule has 0 N–H and O–H groups in total. The molecule has 0 fully saturated rings. The first kappa shape index (κ1) is 16.1. The highest BCUT2D eigenvalue weighted by Crippen LogP contribution is 2.30. The first-order valence-electron chi connectivity index (χ1n) is 6.92. The fourth-order valence-electron chi connectivity index (χ4n) is 2.04. The number of hydrogen-bond donors (Lipinski definition) is 0. The summed E-state index contributed by atoms with van der Waals surface area (Å²) in [5.41, 5.74) is 1.95. The summed E-state index contributed by atoms with van der Waals surface area (Å²) in [4.78, 5) is 11.5. The summed E-state index contributed by atoms with van der Waals surface area (Å²) in [7, 11) is 1.60. The smallest absolute Gasteiger partial charge is 0.152 e. The van der Waals surface area contributed by atoms with Gasteiger partial charge in [-0.05, 0) is 54.4 Å². The number of carbonyl (C=O) groups excluding carboxylic acids is 1. The number of carbonyl (C=O) groups is 1. The molecule has 0 aliphatic carbocycles. The molecule has 0 saturated heterocycles. The molecule has 0 spiro atoms. The first-order chi connectivity index (χ1) is 10.7. The number of ether oxygens (including phenoxy) is 2. The molecule has 0 heterocycles. The van der Waals surface area contributed by atoms with Crippen molar-refractivity contribution in [3.63, 3.8) is 0 Å². The van der Waals surface area contributed by atoms with Crippen LogP contribution in [0.25, 0.3) is 10.6 Å². The van der Waals surface area contributed by atoms with Gasteiger partial charge in [-0.1, -0.05) is 23.7 Å². The predicted molar refractivity (Wildman–Crippen MR) is 89.3 cm³/mol. The van der Waals surface area contributed by atoms with E-state index in [1.165, 1.54) is 0 Å². The lowest BCUT2D eigenvalue weighted by molar-refractivity contribution is -0.103. The second-order valence-electron chi connectivity index (χ2n) is 4.53. The van der Waals surface area contributed by atoms with Crippen LogP contribution in [0.3, 0.4) is 0 Å². The van der Waals surface area contributed by atoms with Crippen molar-refractivity contribution >= 4 is 28.5 Å². The van der Waals surface area contributed by atoms with Gasteiger partial charge in [0.25, 0.3) is 0 Å². The molecule has 3 nitrogen and oxygen atoms in total. The molecule has 0 amide bonds. The lowest BCUT2D eigenvalue weighted by Gasteiger charge is -2.08. The van der Waals surface area contributed by atoms with Gasteiger partial charge >= 0.3 is 0 Å². The van der Waals surface area contributed by atoms with Crippen LogP contribution < -0.4 is 9.47 Å². The molecule has 0 aliphatic rings. The lowest BCUT2D eigenvalue weighted by atomic mass is 10.0. The van der Waals surface area contributed by atoms with Crippen molar-refractivity contribution in [3.05, 3.63) is 59.7 Å². The van der Waals surface area contributed by atoms with Crippen LogP contribution in [0.4, 0.5) is 0 Å². The Morgan fingerprint density at radius 3 is 2.05 bits per heavy atom. The number of halogens is 1. The van der Waals surface area contributed by atoms with Crippen molar-refractivity contribution in [2.75, 3.05) is 13.7 Å². The van der Waals surface area contributed by atoms with Gasteiger partial charge in [0.2, 0.25) is 0 Å². The molecule has 0 atom stereocenters. The summed E-state index contributed by atoms with van der Waals surface area (Å²) in [6.45, 7) is 2.52. The fourth-order valence-corrected chi connectivity index (χ4v) is 2.32. The normalized spacial score (nSPS) is 11.6. The zero-order valence-corrected chi connectivity index (χ0v) is 13.3. The molecule has 2 rings (SSSR count). The van der Waals surface area contributed by atoms with Crippen molar-refractivity contribution in [1.29, 1.82) is 0 Å². The van der Waals surface area contributed by atoms with Crippen LogP contribution in [0.1, 0.15) is 18.1 Å². The van der Waals surface area contributed by atoms with Crippen molar-refractivity contribution in [1.82, 2.24) is 0 Å². The van der Waals surface area contributed by atoms with Gasteiger partial charge < -0.3 is 9.47 Å². The molecule has 0 aliphatic heterocycles. The van der Waals surface area contributed by atoms with E-state index < -0.39 is 0 Å². The number of aldehydes is 1. The van der Waals surface area contributed by atoms with Gasteiger partial charge in [-0.2, -0.15) is 0 Å². The number of allylic oxidation sites excluding steroid dienone is 1. The molecule has 0 bridgehead atoms. The Kier molecular flexibility index (Phi) is 5.61. The van der Waals surface area contributed by atoms with Gasteiger partial charge in [0.1, 0.15) is 11.5 Å². The maximum atomic E-state index is 11.5. The Bertz CT molecular complexity index is 658. The van der Waals surface area contributed by atoms with Gasteiger partial charge in [0.15, 0.2) is 6.29 Å². The van der Waals surface area contributed by atoms with Gasteiger partial charge in [-0.25, -0.2) is 0 Å². The van der Waals surface area contributed by atoms with Crippen LogP contribution in [-0.4, -0.2) is 20.0 Å². The Morgan fingerprint density at radius 2 is 1.55 bits per heavy atom. The van der Waals surface area contributed by atoms with E-state index in [4.69, 9.17) is 21.1 Å². The Morgan fingerprint density at radius 1 is 1.00 bits per heavy atom. The minimum absolute atomic E-state index is 0.404. The third kappa shape index (κ3) is 3.68. The SMILES string of the molecule is CCOc1ccc(/C(C=O)=C(/Cl)c2ccc(OC)cc2)cc1. The highest BCUT2D eigenvalue weighted by atomic mass is 35.5. The summed E-state index contributed by atoms with van der Waals surface area (Å²) in [5.74, 6) is 1.50. The molecule has 2 aromatic rings. The highest BCUT2D eigenvalue weighted by Gasteiger charge is 2.09. The maximum Gasteiger partial charge on any atom is 0.152 e. The van der Waals surface area contributed by atoms with Crippen molar-refractivity contribution in [2.24, 2.45) is 0 Å². The second kappa shape index (κ2) is 7.66. The Balaban J connectivity index is 2.36. The van der Waals surface area contributed by atoms with E-state index in [0.29, 0.717) is 17.2 Å². The first-order valence-corrected chi connectivity index (χ1v) is 7.30. The molecule has 0 aromatic heterocycles. The lowest BCUT2D eigenvalue weighted by Crippen LogP contribution is -1.93. The summed E-state index contributed by atoms with van der Waals surface area (Å²) in [5, 5.41) is 0.404. The number of hydrogen-bond acceptors (Lipinski definition) is 3. The standard InChI is InChI=1S/C18H17ClO3/c1-3-22-16-10-4-13(5-11-16)17(12-20)18(19)14-6-8-15(21-2)9-7-14/h4-12H,3H2,1-2H3/b18-17+. The molecule has 2 aromatic carbocycles. The zero-order chi connectivity index (χ0) is 15.9. The molecule has 114 valence electrons. The number of benzene rings is 2. The maximum absolute atomic E-state index is 11.5. The highest BCUT2D eigenvalue weighted by molar-refractivity contribution is 6.55. The molecule has 22 heavy (non-hydrogen) atoms. The van der Waals surface area contributed by atoms with E-state index in [9.17, 15) is 4.79 Å². The van der Waals surface area contributed by atoms with E-state index >= 15 is 0 Å². The summed E-state index contributed by atoms with van der Waals surface area (Å²) in [6, 6.07) is 14.5. The van der Waals surface area contributed by atoms with E-state index in [1.807, 2.05) is 43.3 Å². The van der Waals surface area contributed by atoms with Crippen LogP contribution in [0.2, 0.25) is 0 Å². The van der Waals surface area contributed by atoms with Gasteiger partial charge in [0, 0.05) is 5.57 Å². The topological polar surface area (TPSA) is 35.5 Å². The van der Waals surface area contributed by atoms with Crippen LogP contribution in [0, 0.1) is 0 Å². The van der Waals surface area contributed by atoms with Crippen LogP contribution in [-0.2, 0) is 4.79 Å². The molecule has 0 unspecified atom stereocenters. The quantitative estimate of drug-likeness (QED) is 0.450. The minimum atomic E-state index is 0.404. The van der Waals surface area contributed by atoms with Gasteiger partial charge in [-0.15, -0.1) is 0 Å². The Labute approximate surface area is 135 Å². The number of methoxy groups -OCH3 is 1. The molecule has 0 radical (unpaired) electrons. The monoisotopic (exact) mass is 316 g/mol. The molecule has 0 saturated carbocycles. The van der Waals surface area contributed by atoms with Crippen molar-refractivity contribution < 1.29 is 14.3 Å². The predicted octanol–water partition coefficient (Wildman–Crippen LogP) is 4.40. The van der Waals surface area contributed by atoms with E-state index in [1.54, 1.807) is 19.2 Å². The Hall–Kier alpha value is -2.26. The summed E-state index contributed by atoms with van der Waals surface area (Å²) < 4.78 is 10.5. The van der Waals surface area contributed by atoms with Crippen molar-refractivity contribution in [2.45, 2.75) is 6.92 Å². The van der Waals surface area contributed by atoms with Crippen LogP contribution in [0.5, 0.6) is 11.5 Å². The molecule has 4 heteroatoms. The summed E-state index contributed by atoms with van der Waals surface area (Å²) >= 11 is 6.38. The average molecular weight is 317 g/mol. The van der Waals surface area contributed by atoms with Gasteiger partial charge in [0.05, 0.1) is 18.7 Å². The molecular weight excluding hydrogens is 300 g/mol. The van der Waals surface area contributed by atoms with Crippen LogP contribution in [0.15, 0.2) is 48.5 Å². The third-order valence-electron chi connectivity index (χ3n) is 3.17. The zero-order valence-electron chi connectivity index (χ0n) is 12.5.